The minimum atomic E-state index is -3.56. The van der Waals surface area contributed by atoms with Crippen molar-refractivity contribution in [2.75, 3.05) is 11.3 Å². The van der Waals surface area contributed by atoms with Crippen LogP contribution in [0, 0.1) is 0 Å². The molecule has 20 heavy (non-hydrogen) atoms. The topological polar surface area (TPSA) is 72.5 Å². The van der Waals surface area contributed by atoms with E-state index in [-0.39, 0.29) is 4.21 Å². The van der Waals surface area contributed by atoms with Crippen molar-refractivity contribution in [3.63, 3.8) is 0 Å². The standard InChI is InChI=1S/C13H13NO4S2/c1-2-18-13(15)10-5-7-11(8-6-10)14-20(16,17)12-4-3-9-19-12/h3-9,14H,2H2,1H3. The number of hydrogen-bond acceptors (Lipinski definition) is 5. The lowest BCUT2D eigenvalue weighted by molar-refractivity contribution is 0.0526. The molecule has 0 aliphatic heterocycles. The van der Waals surface area contributed by atoms with Gasteiger partial charge in [0.25, 0.3) is 10.0 Å². The minimum absolute atomic E-state index is 0.243. The third kappa shape index (κ3) is 3.37. The van der Waals surface area contributed by atoms with Crippen LogP contribution in [0.4, 0.5) is 5.69 Å². The van der Waals surface area contributed by atoms with Crippen molar-refractivity contribution in [3.8, 4) is 0 Å². The molecule has 0 aliphatic rings. The van der Waals surface area contributed by atoms with E-state index in [0.29, 0.717) is 17.9 Å². The van der Waals surface area contributed by atoms with Crippen LogP contribution in [0.25, 0.3) is 0 Å². The van der Waals surface area contributed by atoms with Crippen molar-refractivity contribution in [1.82, 2.24) is 0 Å². The third-order valence-corrected chi connectivity index (χ3v) is 5.19. The predicted molar refractivity (Wildman–Crippen MR) is 77.5 cm³/mol. The molecule has 1 aromatic carbocycles. The van der Waals surface area contributed by atoms with Gasteiger partial charge in [-0.05, 0) is 42.6 Å². The number of thiophene rings is 1. The van der Waals surface area contributed by atoms with Crippen LogP contribution in [0.15, 0.2) is 46.0 Å². The Morgan fingerprint density at radius 3 is 2.50 bits per heavy atom. The van der Waals surface area contributed by atoms with Gasteiger partial charge in [-0.1, -0.05) is 6.07 Å². The molecule has 106 valence electrons. The Morgan fingerprint density at radius 1 is 1.25 bits per heavy atom. The van der Waals surface area contributed by atoms with Crippen LogP contribution >= 0.6 is 11.3 Å². The summed E-state index contributed by atoms with van der Waals surface area (Å²) in [6.07, 6.45) is 0. The van der Waals surface area contributed by atoms with Crippen molar-refractivity contribution in [2.45, 2.75) is 11.1 Å². The number of nitrogens with one attached hydrogen (secondary N) is 1. The predicted octanol–water partition coefficient (Wildman–Crippen LogP) is 2.73. The number of carbonyl (C=O) groups is 1. The Balaban J connectivity index is 2.14. The fourth-order valence-corrected chi connectivity index (χ4v) is 3.56. The summed E-state index contributed by atoms with van der Waals surface area (Å²) in [5.41, 5.74) is 0.775. The fraction of sp³-hybridized carbons (Fsp3) is 0.154. The van der Waals surface area contributed by atoms with Gasteiger partial charge < -0.3 is 4.74 Å². The maximum absolute atomic E-state index is 12.0. The molecule has 0 saturated heterocycles. The summed E-state index contributed by atoms with van der Waals surface area (Å²) in [6, 6.07) is 9.28. The van der Waals surface area contributed by atoms with Crippen molar-refractivity contribution < 1.29 is 17.9 Å². The van der Waals surface area contributed by atoms with E-state index in [4.69, 9.17) is 4.74 Å². The van der Waals surface area contributed by atoms with E-state index < -0.39 is 16.0 Å². The zero-order valence-electron chi connectivity index (χ0n) is 10.7. The number of ether oxygens (including phenoxy) is 1. The minimum Gasteiger partial charge on any atom is -0.462 e. The van der Waals surface area contributed by atoms with E-state index in [1.54, 1.807) is 18.4 Å². The molecule has 0 radical (unpaired) electrons. The summed E-state index contributed by atoms with van der Waals surface area (Å²) in [6.45, 7) is 2.02. The molecule has 0 amide bonds. The van der Waals surface area contributed by atoms with E-state index in [9.17, 15) is 13.2 Å². The second-order valence-electron chi connectivity index (χ2n) is 3.84. The largest absolute Gasteiger partial charge is 0.462 e. The SMILES string of the molecule is CCOC(=O)c1ccc(NS(=O)(=O)c2cccs2)cc1. The van der Waals surface area contributed by atoms with E-state index in [1.807, 2.05) is 0 Å². The molecule has 0 unspecified atom stereocenters. The Labute approximate surface area is 121 Å². The Morgan fingerprint density at radius 2 is 1.95 bits per heavy atom. The molecule has 1 aromatic heterocycles. The first-order valence-corrected chi connectivity index (χ1v) is 8.22. The molecule has 1 heterocycles. The fourth-order valence-electron chi connectivity index (χ4n) is 1.51. The highest BCUT2D eigenvalue weighted by Crippen LogP contribution is 2.20. The van der Waals surface area contributed by atoms with Crippen LogP contribution < -0.4 is 4.72 Å². The van der Waals surface area contributed by atoms with Gasteiger partial charge in [-0.2, -0.15) is 0 Å². The van der Waals surface area contributed by atoms with Gasteiger partial charge in [-0.3, -0.25) is 4.72 Å². The van der Waals surface area contributed by atoms with E-state index in [0.717, 1.165) is 11.3 Å². The molecular weight excluding hydrogens is 298 g/mol. The molecular formula is C13H13NO4S2. The number of esters is 1. The third-order valence-electron chi connectivity index (χ3n) is 2.41. The molecule has 2 rings (SSSR count). The molecule has 7 heteroatoms. The maximum Gasteiger partial charge on any atom is 0.338 e. The van der Waals surface area contributed by atoms with Crippen LogP contribution in [-0.4, -0.2) is 21.0 Å². The lowest BCUT2D eigenvalue weighted by atomic mass is 10.2. The van der Waals surface area contributed by atoms with Gasteiger partial charge in [-0.15, -0.1) is 11.3 Å². The molecule has 0 fully saturated rings. The molecule has 1 N–H and O–H groups in total. The van der Waals surface area contributed by atoms with Gasteiger partial charge in [0.15, 0.2) is 0 Å². The normalized spacial score (nSPS) is 11.1. The highest BCUT2D eigenvalue weighted by Gasteiger charge is 2.15. The van der Waals surface area contributed by atoms with E-state index in [1.165, 1.54) is 30.3 Å². The smallest absolute Gasteiger partial charge is 0.338 e. The summed E-state index contributed by atoms with van der Waals surface area (Å²) in [5, 5.41) is 1.69. The second-order valence-corrected chi connectivity index (χ2v) is 6.69. The number of benzene rings is 1. The van der Waals surface area contributed by atoms with Crippen molar-refractivity contribution in [3.05, 3.63) is 47.3 Å². The monoisotopic (exact) mass is 311 g/mol. The lowest BCUT2D eigenvalue weighted by Crippen LogP contribution is -2.11. The zero-order valence-corrected chi connectivity index (χ0v) is 12.3. The Hall–Kier alpha value is -1.86. The first kappa shape index (κ1) is 14.5. The van der Waals surface area contributed by atoms with Gasteiger partial charge in [0, 0.05) is 5.69 Å². The van der Waals surface area contributed by atoms with Crippen molar-refractivity contribution in [2.24, 2.45) is 0 Å². The average molecular weight is 311 g/mol. The Bertz CT molecular complexity index is 676. The van der Waals surface area contributed by atoms with Gasteiger partial charge in [0.05, 0.1) is 12.2 Å². The highest BCUT2D eigenvalue weighted by molar-refractivity contribution is 7.94. The van der Waals surface area contributed by atoms with Crippen LogP contribution in [0.2, 0.25) is 0 Å². The van der Waals surface area contributed by atoms with Gasteiger partial charge >= 0.3 is 5.97 Å². The molecule has 0 aliphatic carbocycles. The van der Waals surface area contributed by atoms with E-state index >= 15 is 0 Å². The van der Waals surface area contributed by atoms with E-state index in [2.05, 4.69) is 4.72 Å². The molecule has 0 bridgehead atoms. The van der Waals surface area contributed by atoms with Crippen LogP contribution in [0.1, 0.15) is 17.3 Å². The maximum atomic E-state index is 12.0. The summed E-state index contributed by atoms with van der Waals surface area (Å²) in [7, 11) is -3.56. The first-order chi connectivity index (χ1) is 9.53. The number of carbonyl (C=O) groups excluding carboxylic acids is 1. The highest BCUT2D eigenvalue weighted by atomic mass is 32.2. The van der Waals surface area contributed by atoms with Gasteiger partial charge in [-0.25, -0.2) is 13.2 Å². The van der Waals surface area contributed by atoms with Crippen LogP contribution in [0.3, 0.4) is 0 Å². The summed E-state index contributed by atoms with van der Waals surface area (Å²) in [4.78, 5) is 11.5. The van der Waals surface area contributed by atoms with Gasteiger partial charge in [0.2, 0.25) is 0 Å². The van der Waals surface area contributed by atoms with Crippen LogP contribution in [0.5, 0.6) is 0 Å². The summed E-state index contributed by atoms with van der Waals surface area (Å²) in [5.74, 6) is -0.430. The van der Waals surface area contributed by atoms with Crippen LogP contribution in [-0.2, 0) is 14.8 Å². The number of hydrogen-bond donors (Lipinski definition) is 1. The summed E-state index contributed by atoms with van der Waals surface area (Å²) >= 11 is 1.14. The number of rotatable bonds is 5. The Kier molecular flexibility index (Phi) is 4.41. The quantitative estimate of drug-likeness (QED) is 0.862. The molecule has 2 aromatic rings. The average Bonchev–Trinajstić information content (AvgIpc) is 2.94. The first-order valence-electron chi connectivity index (χ1n) is 5.86. The lowest BCUT2D eigenvalue weighted by Gasteiger charge is -2.07. The van der Waals surface area contributed by atoms with Crippen molar-refractivity contribution in [1.29, 1.82) is 0 Å². The molecule has 0 spiro atoms. The summed E-state index contributed by atoms with van der Waals surface area (Å²) < 4.78 is 31.5. The molecule has 0 atom stereocenters. The number of sulfonamides is 1. The number of anilines is 1. The molecule has 0 saturated carbocycles. The van der Waals surface area contributed by atoms with Crippen molar-refractivity contribution >= 4 is 33.0 Å². The molecule has 5 nitrogen and oxygen atoms in total. The second kappa shape index (κ2) is 6.06. The van der Waals surface area contributed by atoms with Gasteiger partial charge in [0.1, 0.15) is 4.21 Å². The zero-order chi connectivity index (χ0) is 14.6.